The molecule has 25 heavy (non-hydrogen) atoms. The minimum Gasteiger partial charge on any atom is -0.494 e. The van der Waals surface area contributed by atoms with Crippen molar-refractivity contribution in [1.29, 1.82) is 0 Å². The first-order valence-electron chi connectivity index (χ1n) is 8.24. The number of carbonyl (C=O) groups excluding carboxylic acids is 1. The third-order valence-electron chi connectivity index (χ3n) is 3.45. The van der Waals surface area contributed by atoms with E-state index in [1.165, 1.54) is 11.3 Å². The molecule has 134 valence electrons. The van der Waals surface area contributed by atoms with E-state index in [4.69, 9.17) is 9.84 Å². The summed E-state index contributed by atoms with van der Waals surface area (Å²) in [7, 11) is 0. The van der Waals surface area contributed by atoms with Crippen LogP contribution in [0.25, 0.3) is 10.6 Å². The minimum absolute atomic E-state index is 0.0983. The molecule has 0 spiro atoms. The van der Waals surface area contributed by atoms with Gasteiger partial charge in [0, 0.05) is 23.9 Å². The predicted molar refractivity (Wildman–Crippen MR) is 96.9 cm³/mol. The number of hydrogen-bond donors (Lipinski definition) is 2. The number of aromatic nitrogens is 1. The molecule has 1 aromatic carbocycles. The number of nitrogens with one attached hydrogen (secondary N) is 1. The molecule has 0 aliphatic carbocycles. The Kier molecular flexibility index (Phi) is 7.40. The maximum atomic E-state index is 11.9. The Morgan fingerprint density at radius 1 is 1.24 bits per heavy atom. The lowest BCUT2D eigenvalue weighted by molar-refractivity contribution is -0.137. The zero-order chi connectivity index (χ0) is 18.1. The molecular formula is C18H22N2O4S. The van der Waals surface area contributed by atoms with Crippen molar-refractivity contribution in [2.45, 2.75) is 32.6 Å². The second-order valence-electron chi connectivity index (χ2n) is 5.48. The van der Waals surface area contributed by atoms with Crippen LogP contribution in [0.3, 0.4) is 0 Å². The summed E-state index contributed by atoms with van der Waals surface area (Å²) in [6, 6.07) is 7.72. The lowest BCUT2D eigenvalue weighted by Crippen LogP contribution is -2.26. The average molecular weight is 362 g/mol. The molecule has 0 atom stereocenters. The van der Waals surface area contributed by atoms with Gasteiger partial charge in [-0.1, -0.05) is 0 Å². The monoisotopic (exact) mass is 362 g/mol. The summed E-state index contributed by atoms with van der Waals surface area (Å²) in [4.78, 5) is 26.8. The van der Waals surface area contributed by atoms with Gasteiger partial charge in [-0.3, -0.25) is 9.59 Å². The summed E-state index contributed by atoms with van der Waals surface area (Å²) in [6.45, 7) is 3.06. The number of amides is 1. The fourth-order valence-corrected chi connectivity index (χ4v) is 3.06. The van der Waals surface area contributed by atoms with Crippen molar-refractivity contribution in [3.63, 3.8) is 0 Å². The smallest absolute Gasteiger partial charge is 0.303 e. The van der Waals surface area contributed by atoms with E-state index < -0.39 is 5.97 Å². The van der Waals surface area contributed by atoms with Crippen LogP contribution in [0.15, 0.2) is 29.6 Å². The quantitative estimate of drug-likeness (QED) is 0.634. The van der Waals surface area contributed by atoms with E-state index in [9.17, 15) is 9.59 Å². The normalized spacial score (nSPS) is 10.4. The first-order chi connectivity index (χ1) is 12.1. The van der Waals surface area contributed by atoms with Crippen LogP contribution in [0, 0.1) is 0 Å². The molecule has 1 amide bonds. The predicted octanol–water partition coefficient (Wildman–Crippen LogP) is 3.12. The molecule has 2 aromatic rings. The van der Waals surface area contributed by atoms with Crippen molar-refractivity contribution in [1.82, 2.24) is 10.3 Å². The second-order valence-corrected chi connectivity index (χ2v) is 6.34. The maximum Gasteiger partial charge on any atom is 0.303 e. The van der Waals surface area contributed by atoms with Gasteiger partial charge in [-0.2, -0.15) is 0 Å². The number of rotatable bonds is 10. The summed E-state index contributed by atoms with van der Waals surface area (Å²) in [5.74, 6) is -0.0835. The topological polar surface area (TPSA) is 88.5 Å². The number of carbonyl (C=O) groups is 2. The number of carboxylic acid groups (broad SMARTS) is 1. The Labute approximate surface area is 150 Å². The van der Waals surface area contributed by atoms with Gasteiger partial charge in [-0.15, -0.1) is 11.3 Å². The molecule has 1 heterocycles. The third kappa shape index (κ3) is 6.54. The van der Waals surface area contributed by atoms with Crippen molar-refractivity contribution in [3.05, 3.63) is 35.3 Å². The Hall–Kier alpha value is -2.41. The highest BCUT2D eigenvalue weighted by atomic mass is 32.1. The number of unbranched alkanes of at least 4 members (excludes halogenated alkanes) is 1. The van der Waals surface area contributed by atoms with Crippen LogP contribution < -0.4 is 10.1 Å². The van der Waals surface area contributed by atoms with Gasteiger partial charge in [-0.05, 0) is 44.0 Å². The lowest BCUT2D eigenvalue weighted by Gasteiger charge is -2.03. The van der Waals surface area contributed by atoms with E-state index in [2.05, 4.69) is 10.3 Å². The molecule has 0 unspecified atom stereocenters. The van der Waals surface area contributed by atoms with Crippen LogP contribution in [0.2, 0.25) is 0 Å². The summed E-state index contributed by atoms with van der Waals surface area (Å²) in [5, 5.41) is 14.1. The first kappa shape index (κ1) is 18.9. The number of hydrogen-bond acceptors (Lipinski definition) is 5. The first-order valence-corrected chi connectivity index (χ1v) is 9.12. The van der Waals surface area contributed by atoms with E-state index >= 15 is 0 Å². The van der Waals surface area contributed by atoms with Crippen molar-refractivity contribution in [3.8, 4) is 16.3 Å². The van der Waals surface area contributed by atoms with Crippen LogP contribution in [-0.2, 0) is 16.0 Å². The zero-order valence-corrected chi connectivity index (χ0v) is 15.0. The van der Waals surface area contributed by atoms with E-state index in [0.29, 0.717) is 26.0 Å². The van der Waals surface area contributed by atoms with Gasteiger partial charge >= 0.3 is 5.97 Å². The van der Waals surface area contributed by atoms with Gasteiger partial charge < -0.3 is 15.2 Å². The molecule has 0 aliphatic rings. The van der Waals surface area contributed by atoms with Gasteiger partial charge in [0.1, 0.15) is 10.8 Å². The second kappa shape index (κ2) is 9.78. The van der Waals surface area contributed by atoms with Crippen molar-refractivity contribution in [2.24, 2.45) is 0 Å². The Balaban J connectivity index is 1.80. The van der Waals surface area contributed by atoms with Gasteiger partial charge in [0.05, 0.1) is 18.7 Å². The number of ether oxygens (including phenoxy) is 1. The highest BCUT2D eigenvalue weighted by Gasteiger charge is 2.09. The number of aliphatic carboxylic acids is 1. The summed E-state index contributed by atoms with van der Waals surface area (Å²) in [5.41, 5.74) is 1.73. The molecular weight excluding hydrogens is 340 g/mol. The van der Waals surface area contributed by atoms with Crippen LogP contribution in [0.4, 0.5) is 0 Å². The van der Waals surface area contributed by atoms with E-state index in [0.717, 1.165) is 22.0 Å². The molecule has 2 N–H and O–H groups in total. The van der Waals surface area contributed by atoms with E-state index in [1.54, 1.807) is 0 Å². The summed E-state index contributed by atoms with van der Waals surface area (Å²) in [6.07, 6.45) is 1.58. The molecule has 6 nitrogen and oxygen atoms in total. The third-order valence-corrected chi connectivity index (χ3v) is 4.39. The number of benzene rings is 1. The largest absolute Gasteiger partial charge is 0.494 e. The van der Waals surface area contributed by atoms with Crippen LogP contribution in [-0.4, -0.2) is 35.1 Å². The molecule has 1 aromatic heterocycles. The number of thiazole rings is 1. The molecule has 0 saturated heterocycles. The van der Waals surface area contributed by atoms with Crippen molar-refractivity contribution < 1.29 is 19.4 Å². The van der Waals surface area contributed by atoms with Gasteiger partial charge in [0.25, 0.3) is 0 Å². The molecule has 2 rings (SSSR count). The van der Waals surface area contributed by atoms with Gasteiger partial charge in [0.2, 0.25) is 5.91 Å². The average Bonchev–Trinajstić information content (AvgIpc) is 3.03. The fourth-order valence-electron chi connectivity index (χ4n) is 2.24. The molecule has 0 aliphatic heterocycles. The standard InChI is InChI=1S/C18H22N2O4S/c1-2-24-15-8-6-13(7-9-15)18-20-14(12-25-18)11-16(21)19-10-4-3-5-17(22)23/h6-9,12H,2-5,10-11H2,1H3,(H,19,21)(H,22,23). The number of carboxylic acids is 1. The Morgan fingerprint density at radius 2 is 2.00 bits per heavy atom. The van der Waals surface area contributed by atoms with E-state index in [1.807, 2.05) is 36.6 Å². The van der Waals surface area contributed by atoms with Gasteiger partial charge in [-0.25, -0.2) is 4.98 Å². The van der Waals surface area contributed by atoms with Crippen molar-refractivity contribution >= 4 is 23.2 Å². The highest BCUT2D eigenvalue weighted by molar-refractivity contribution is 7.13. The zero-order valence-electron chi connectivity index (χ0n) is 14.2. The summed E-state index contributed by atoms with van der Waals surface area (Å²) >= 11 is 1.50. The Morgan fingerprint density at radius 3 is 2.68 bits per heavy atom. The molecule has 0 fully saturated rings. The van der Waals surface area contributed by atoms with Crippen LogP contribution in [0.1, 0.15) is 31.9 Å². The van der Waals surface area contributed by atoms with Crippen molar-refractivity contribution in [2.75, 3.05) is 13.2 Å². The highest BCUT2D eigenvalue weighted by Crippen LogP contribution is 2.25. The van der Waals surface area contributed by atoms with Crippen LogP contribution in [0.5, 0.6) is 5.75 Å². The van der Waals surface area contributed by atoms with Gasteiger partial charge in [0.15, 0.2) is 0 Å². The molecule has 0 radical (unpaired) electrons. The maximum absolute atomic E-state index is 11.9. The molecule has 0 saturated carbocycles. The SMILES string of the molecule is CCOc1ccc(-c2nc(CC(=O)NCCCCC(=O)O)cs2)cc1. The number of nitrogens with zero attached hydrogens (tertiary/aromatic N) is 1. The minimum atomic E-state index is -0.810. The lowest BCUT2D eigenvalue weighted by atomic mass is 10.2. The molecule has 0 bridgehead atoms. The fraction of sp³-hybridized carbons (Fsp3) is 0.389. The van der Waals surface area contributed by atoms with E-state index in [-0.39, 0.29) is 18.7 Å². The summed E-state index contributed by atoms with van der Waals surface area (Å²) < 4.78 is 5.42. The Bertz CT molecular complexity index is 697. The molecule has 7 heteroatoms. The van der Waals surface area contributed by atoms with Crippen LogP contribution >= 0.6 is 11.3 Å².